The summed E-state index contributed by atoms with van der Waals surface area (Å²) in [5.41, 5.74) is 1.35. The van der Waals surface area contributed by atoms with E-state index in [9.17, 15) is 13.2 Å². The molecule has 0 saturated carbocycles. The summed E-state index contributed by atoms with van der Waals surface area (Å²) in [6, 6.07) is 1.42. The summed E-state index contributed by atoms with van der Waals surface area (Å²) in [5.74, 6) is -0.565. The Hall–Kier alpha value is -1.51. The monoisotopic (exact) mass is 327 g/mol. The molecule has 1 aromatic rings. The second-order valence-electron chi connectivity index (χ2n) is 5.69. The zero-order valence-corrected chi connectivity index (χ0v) is 13.8. The number of aromatic nitrogens is 1. The van der Waals surface area contributed by atoms with Gasteiger partial charge in [-0.3, -0.25) is 9.78 Å². The first-order chi connectivity index (χ1) is 10.3. The maximum absolute atomic E-state index is 12.2. The van der Waals surface area contributed by atoms with Crippen LogP contribution in [0.15, 0.2) is 18.5 Å². The van der Waals surface area contributed by atoms with Crippen LogP contribution >= 0.6 is 0 Å². The van der Waals surface area contributed by atoms with E-state index in [1.54, 1.807) is 12.3 Å². The summed E-state index contributed by atoms with van der Waals surface area (Å²) in [5, 5.41) is 2.85. The van der Waals surface area contributed by atoms with E-state index in [0.717, 1.165) is 5.56 Å². The van der Waals surface area contributed by atoms with E-state index in [0.29, 0.717) is 18.8 Å². The quantitative estimate of drug-likeness (QED) is 0.824. The molecule has 1 saturated heterocycles. The second-order valence-corrected chi connectivity index (χ2v) is 7.92. The third kappa shape index (κ3) is 4.02. The van der Waals surface area contributed by atoms with Gasteiger partial charge in [-0.05, 0) is 18.6 Å². The van der Waals surface area contributed by atoms with E-state index < -0.39 is 10.0 Å². The van der Waals surface area contributed by atoms with Crippen LogP contribution in [0.25, 0.3) is 0 Å². The van der Waals surface area contributed by atoms with E-state index in [1.165, 1.54) is 24.6 Å². The average Bonchev–Trinajstić information content (AvgIpc) is 2.85. The van der Waals surface area contributed by atoms with Gasteiger partial charge >= 0.3 is 0 Å². The van der Waals surface area contributed by atoms with Crippen LogP contribution in [0.2, 0.25) is 0 Å². The third-order valence-electron chi connectivity index (χ3n) is 3.63. The molecule has 1 aliphatic heterocycles. The van der Waals surface area contributed by atoms with Crippen LogP contribution in [-0.4, -0.2) is 62.7 Å². The fraction of sp³-hybridized carbons (Fsp3) is 0.571. The molecule has 7 nitrogen and oxygen atoms in total. The number of ether oxygens (including phenoxy) is 1. The number of sulfonamides is 1. The van der Waals surface area contributed by atoms with Gasteiger partial charge in [-0.2, -0.15) is 0 Å². The molecule has 0 aromatic carbocycles. The first-order valence-electron chi connectivity index (χ1n) is 7.00. The Labute approximate surface area is 130 Å². The Morgan fingerprint density at radius 3 is 2.77 bits per heavy atom. The Balaban J connectivity index is 2.04. The van der Waals surface area contributed by atoms with Gasteiger partial charge in [0.2, 0.25) is 10.0 Å². The number of carbonyl (C=O) groups excluding carboxylic acids is 1. The molecule has 22 heavy (non-hydrogen) atoms. The molecule has 0 spiro atoms. The molecule has 2 heterocycles. The molecule has 2 rings (SSSR count). The number of hydrogen-bond donors (Lipinski definition) is 1. The fourth-order valence-electron chi connectivity index (χ4n) is 2.27. The molecule has 8 heteroatoms. The van der Waals surface area contributed by atoms with Gasteiger partial charge in [0, 0.05) is 32.4 Å². The van der Waals surface area contributed by atoms with Crippen LogP contribution in [0.4, 0.5) is 0 Å². The number of carbonyl (C=O) groups is 1. The van der Waals surface area contributed by atoms with E-state index in [2.05, 4.69) is 10.3 Å². The summed E-state index contributed by atoms with van der Waals surface area (Å²) in [6.07, 6.45) is 3.16. The Kier molecular flexibility index (Phi) is 5.15. The van der Waals surface area contributed by atoms with Gasteiger partial charge in [0.15, 0.2) is 0 Å². The Morgan fingerprint density at radius 1 is 1.41 bits per heavy atom. The van der Waals surface area contributed by atoms with Gasteiger partial charge in [-0.25, -0.2) is 12.7 Å². The zero-order chi connectivity index (χ0) is 16.3. The van der Waals surface area contributed by atoms with Gasteiger partial charge in [0.05, 0.1) is 30.6 Å². The van der Waals surface area contributed by atoms with Crippen LogP contribution in [0.1, 0.15) is 15.9 Å². The second kappa shape index (κ2) is 6.72. The smallest absolute Gasteiger partial charge is 0.253 e. The normalized spacial score (nSPS) is 22.0. The van der Waals surface area contributed by atoms with Crippen LogP contribution in [0.3, 0.4) is 0 Å². The Morgan fingerprint density at radius 2 is 2.14 bits per heavy atom. The van der Waals surface area contributed by atoms with Crippen LogP contribution in [0, 0.1) is 12.8 Å². The molecule has 1 fully saturated rings. The number of nitrogens with zero attached hydrogens (tertiary/aromatic N) is 2. The highest BCUT2D eigenvalue weighted by molar-refractivity contribution is 7.89. The lowest BCUT2D eigenvalue weighted by Gasteiger charge is -2.21. The largest absolute Gasteiger partial charge is 0.379 e. The SMILES string of the molecule is Cc1cncc(C(=O)N[C@@H]2COC[C@H]2CS(=O)(=O)N(C)C)c1. The van der Waals surface area contributed by atoms with Crippen molar-refractivity contribution in [2.24, 2.45) is 5.92 Å². The van der Waals surface area contributed by atoms with Crippen molar-refractivity contribution < 1.29 is 17.9 Å². The van der Waals surface area contributed by atoms with Gasteiger partial charge in [-0.1, -0.05) is 0 Å². The number of hydrogen-bond acceptors (Lipinski definition) is 5. The molecule has 1 aromatic heterocycles. The van der Waals surface area contributed by atoms with E-state index in [-0.39, 0.29) is 23.6 Å². The lowest BCUT2D eigenvalue weighted by Crippen LogP contribution is -2.43. The van der Waals surface area contributed by atoms with Gasteiger partial charge in [0.1, 0.15) is 0 Å². The lowest BCUT2D eigenvalue weighted by atomic mass is 10.1. The van der Waals surface area contributed by atoms with Crippen molar-refractivity contribution in [2.75, 3.05) is 33.1 Å². The minimum Gasteiger partial charge on any atom is -0.379 e. The average molecular weight is 327 g/mol. The van der Waals surface area contributed by atoms with Gasteiger partial charge < -0.3 is 10.1 Å². The van der Waals surface area contributed by atoms with Crippen molar-refractivity contribution in [2.45, 2.75) is 13.0 Å². The van der Waals surface area contributed by atoms with Crippen molar-refractivity contribution in [3.8, 4) is 0 Å². The first kappa shape index (κ1) is 16.9. The minimum absolute atomic E-state index is 0.0446. The topological polar surface area (TPSA) is 88.6 Å². The molecule has 0 bridgehead atoms. The number of aryl methyl sites for hydroxylation is 1. The lowest BCUT2D eigenvalue weighted by molar-refractivity contribution is 0.0925. The van der Waals surface area contributed by atoms with Crippen molar-refractivity contribution >= 4 is 15.9 Å². The van der Waals surface area contributed by atoms with Crippen molar-refractivity contribution in [3.05, 3.63) is 29.6 Å². The van der Waals surface area contributed by atoms with Crippen LogP contribution < -0.4 is 5.32 Å². The molecule has 1 amide bonds. The summed E-state index contributed by atoms with van der Waals surface area (Å²) >= 11 is 0. The summed E-state index contributed by atoms with van der Waals surface area (Å²) in [7, 11) is -0.338. The van der Waals surface area contributed by atoms with Crippen molar-refractivity contribution in [3.63, 3.8) is 0 Å². The van der Waals surface area contributed by atoms with Gasteiger partial charge in [0.25, 0.3) is 5.91 Å². The molecule has 1 N–H and O–H groups in total. The highest BCUT2D eigenvalue weighted by Crippen LogP contribution is 2.17. The molecule has 0 aliphatic carbocycles. The Bertz CT molecular complexity index is 645. The predicted octanol–water partition coefficient (Wildman–Crippen LogP) is 0.0262. The standard InChI is InChI=1S/C14H21N3O4S/c1-10-4-11(6-15-5-10)14(18)16-13-8-21-7-12(13)9-22(19,20)17(2)3/h4-6,12-13H,7-9H2,1-3H3,(H,16,18)/t12-,13+/m0/s1. The zero-order valence-electron chi connectivity index (χ0n) is 12.9. The maximum Gasteiger partial charge on any atom is 0.253 e. The molecular formula is C14H21N3O4S. The highest BCUT2D eigenvalue weighted by atomic mass is 32.2. The number of pyridine rings is 1. The van der Waals surface area contributed by atoms with E-state index in [1.807, 2.05) is 6.92 Å². The van der Waals surface area contributed by atoms with Crippen LogP contribution in [-0.2, 0) is 14.8 Å². The molecule has 122 valence electrons. The van der Waals surface area contributed by atoms with Crippen molar-refractivity contribution in [1.29, 1.82) is 0 Å². The molecule has 1 aliphatic rings. The maximum atomic E-state index is 12.2. The van der Waals surface area contributed by atoms with E-state index in [4.69, 9.17) is 4.74 Å². The molecule has 2 atom stereocenters. The van der Waals surface area contributed by atoms with Gasteiger partial charge in [-0.15, -0.1) is 0 Å². The fourth-order valence-corrected chi connectivity index (χ4v) is 3.44. The van der Waals surface area contributed by atoms with E-state index >= 15 is 0 Å². The van der Waals surface area contributed by atoms with Crippen molar-refractivity contribution in [1.82, 2.24) is 14.6 Å². The van der Waals surface area contributed by atoms with Crippen LogP contribution in [0.5, 0.6) is 0 Å². The molecule has 0 unspecified atom stereocenters. The number of amides is 1. The first-order valence-corrected chi connectivity index (χ1v) is 8.61. The third-order valence-corrected chi connectivity index (χ3v) is 5.60. The number of rotatable bonds is 5. The summed E-state index contributed by atoms with van der Waals surface area (Å²) in [4.78, 5) is 16.2. The summed E-state index contributed by atoms with van der Waals surface area (Å²) < 4.78 is 30.5. The number of nitrogens with one attached hydrogen (secondary N) is 1. The highest BCUT2D eigenvalue weighted by Gasteiger charge is 2.34. The summed E-state index contributed by atoms with van der Waals surface area (Å²) in [6.45, 7) is 2.50. The minimum atomic E-state index is -3.33. The predicted molar refractivity (Wildman–Crippen MR) is 82.0 cm³/mol. The molecule has 0 radical (unpaired) electrons. The molecular weight excluding hydrogens is 306 g/mol.